The Morgan fingerprint density at radius 1 is 1.35 bits per heavy atom. The van der Waals surface area contributed by atoms with E-state index in [0.29, 0.717) is 24.2 Å². The van der Waals surface area contributed by atoms with E-state index in [1.165, 1.54) is 18.9 Å². The number of alkyl halides is 3. The highest BCUT2D eigenvalue weighted by molar-refractivity contribution is 5.09. The summed E-state index contributed by atoms with van der Waals surface area (Å²) in [6.45, 7) is 2.54. The summed E-state index contributed by atoms with van der Waals surface area (Å²) in [6, 6.07) is 2.72. The molecule has 0 amide bonds. The van der Waals surface area contributed by atoms with E-state index in [9.17, 15) is 13.2 Å². The second kappa shape index (κ2) is 4.60. The maximum atomic E-state index is 12.2. The Morgan fingerprint density at radius 2 is 2.06 bits per heavy atom. The Bertz CT molecular complexity index is 371. The topological polar surface area (TPSA) is 37.8 Å². The Labute approximate surface area is 97.4 Å². The zero-order valence-corrected chi connectivity index (χ0v) is 9.46. The number of aromatic nitrogens is 2. The Hall–Kier alpha value is -1.17. The van der Waals surface area contributed by atoms with Crippen LogP contribution < -0.4 is 5.32 Å². The number of nitrogens with zero attached hydrogens (tertiary/aromatic N) is 2. The summed E-state index contributed by atoms with van der Waals surface area (Å²) in [6.07, 6.45) is -1.96. The molecule has 0 unspecified atom stereocenters. The van der Waals surface area contributed by atoms with Crippen LogP contribution in [0.3, 0.4) is 0 Å². The summed E-state index contributed by atoms with van der Waals surface area (Å²) in [4.78, 5) is 0. The molecule has 1 aliphatic carbocycles. The molecule has 6 heteroatoms. The molecule has 1 fully saturated rings. The molecule has 0 radical (unpaired) electrons. The van der Waals surface area contributed by atoms with Crippen molar-refractivity contribution in [3.8, 4) is 0 Å². The number of halogens is 3. The first-order valence-electron chi connectivity index (χ1n) is 5.60. The van der Waals surface area contributed by atoms with E-state index in [4.69, 9.17) is 0 Å². The largest absolute Gasteiger partial charge is 0.435 e. The molecule has 1 saturated carbocycles. The Balaban J connectivity index is 1.89. The van der Waals surface area contributed by atoms with Gasteiger partial charge in [0.05, 0.1) is 5.69 Å². The van der Waals surface area contributed by atoms with Gasteiger partial charge in [0.15, 0.2) is 5.69 Å². The summed E-state index contributed by atoms with van der Waals surface area (Å²) in [5.41, 5.74) is -0.415. The maximum Gasteiger partial charge on any atom is 0.435 e. The molecule has 0 saturated heterocycles. The first-order valence-corrected chi connectivity index (χ1v) is 5.60. The maximum absolute atomic E-state index is 12.2. The van der Waals surface area contributed by atoms with Gasteiger partial charge in [0.2, 0.25) is 0 Å². The standard InChI is InChI=1S/C11H14F3N3/c1-7(8-2-3-8)15-6-9-4-5-10(17-16-9)11(12,13)14/h4-5,7-8,15H,2-3,6H2,1H3/t7-/m0/s1. The second-order valence-electron chi connectivity index (χ2n) is 4.41. The van der Waals surface area contributed by atoms with E-state index in [1.54, 1.807) is 0 Å². The first-order chi connectivity index (χ1) is 7.97. The molecule has 94 valence electrons. The van der Waals surface area contributed by atoms with E-state index in [1.807, 2.05) is 0 Å². The molecule has 17 heavy (non-hydrogen) atoms. The van der Waals surface area contributed by atoms with Crippen molar-refractivity contribution >= 4 is 0 Å². The van der Waals surface area contributed by atoms with Gasteiger partial charge in [-0.15, -0.1) is 5.10 Å². The molecule has 1 aromatic heterocycles. The van der Waals surface area contributed by atoms with Crippen molar-refractivity contribution in [2.75, 3.05) is 0 Å². The molecule has 1 atom stereocenters. The smallest absolute Gasteiger partial charge is 0.308 e. The molecule has 3 nitrogen and oxygen atoms in total. The molecular formula is C11H14F3N3. The van der Waals surface area contributed by atoms with Gasteiger partial charge < -0.3 is 5.32 Å². The summed E-state index contributed by atoms with van der Waals surface area (Å²) < 4.78 is 36.7. The number of hydrogen-bond acceptors (Lipinski definition) is 3. The van der Waals surface area contributed by atoms with Gasteiger partial charge in [-0.3, -0.25) is 0 Å². The predicted molar refractivity (Wildman–Crippen MR) is 56.1 cm³/mol. The zero-order chi connectivity index (χ0) is 12.5. The van der Waals surface area contributed by atoms with E-state index >= 15 is 0 Å². The summed E-state index contributed by atoms with van der Waals surface area (Å²) in [5.74, 6) is 0.706. The minimum Gasteiger partial charge on any atom is -0.308 e. The molecule has 1 aliphatic rings. The second-order valence-corrected chi connectivity index (χ2v) is 4.41. The van der Waals surface area contributed by atoms with Gasteiger partial charge >= 0.3 is 6.18 Å². The molecule has 2 rings (SSSR count). The van der Waals surface area contributed by atoms with Crippen molar-refractivity contribution < 1.29 is 13.2 Å². The molecule has 1 heterocycles. The fourth-order valence-corrected chi connectivity index (χ4v) is 1.63. The van der Waals surface area contributed by atoms with Crippen LogP contribution in [-0.4, -0.2) is 16.2 Å². The van der Waals surface area contributed by atoms with Crippen LogP contribution in [-0.2, 0) is 12.7 Å². The van der Waals surface area contributed by atoms with Crippen molar-refractivity contribution in [3.05, 3.63) is 23.5 Å². The molecular weight excluding hydrogens is 231 g/mol. The fraction of sp³-hybridized carbons (Fsp3) is 0.636. The van der Waals surface area contributed by atoms with Crippen molar-refractivity contribution in [3.63, 3.8) is 0 Å². The van der Waals surface area contributed by atoms with Crippen LogP contribution >= 0.6 is 0 Å². The SMILES string of the molecule is C[C@H](NCc1ccc(C(F)(F)F)nn1)C1CC1. The number of nitrogens with one attached hydrogen (secondary N) is 1. The van der Waals surface area contributed by atoms with Crippen molar-refractivity contribution in [1.82, 2.24) is 15.5 Å². The predicted octanol–water partition coefficient (Wildman–Crippen LogP) is 2.38. The van der Waals surface area contributed by atoms with Crippen LogP contribution in [0.2, 0.25) is 0 Å². The van der Waals surface area contributed by atoms with Crippen LogP contribution in [0.15, 0.2) is 12.1 Å². The van der Waals surface area contributed by atoms with Gasteiger partial charge in [-0.1, -0.05) is 0 Å². The van der Waals surface area contributed by atoms with Crippen LogP contribution in [0.5, 0.6) is 0 Å². The minimum absolute atomic E-state index is 0.388. The molecule has 1 aromatic rings. The van der Waals surface area contributed by atoms with Gasteiger partial charge in [0.1, 0.15) is 0 Å². The van der Waals surface area contributed by atoms with Gasteiger partial charge in [0.25, 0.3) is 0 Å². The van der Waals surface area contributed by atoms with Crippen molar-refractivity contribution in [2.45, 2.75) is 38.5 Å². The van der Waals surface area contributed by atoms with Crippen LogP contribution in [0.1, 0.15) is 31.2 Å². The number of hydrogen-bond donors (Lipinski definition) is 1. The normalized spacial score (nSPS) is 18.1. The average Bonchev–Trinajstić information content (AvgIpc) is 3.09. The van der Waals surface area contributed by atoms with Gasteiger partial charge in [-0.05, 0) is 37.8 Å². The average molecular weight is 245 g/mol. The number of rotatable bonds is 4. The molecule has 1 N–H and O–H groups in total. The van der Waals surface area contributed by atoms with Crippen LogP contribution in [0, 0.1) is 5.92 Å². The third-order valence-corrected chi connectivity index (χ3v) is 2.94. The Morgan fingerprint density at radius 3 is 2.53 bits per heavy atom. The van der Waals surface area contributed by atoms with Gasteiger partial charge in [-0.25, -0.2) is 0 Å². The third kappa shape index (κ3) is 3.39. The lowest BCUT2D eigenvalue weighted by molar-refractivity contribution is -0.141. The Kier molecular flexibility index (Phi) is 3.33. The summed E-state index contributed by atoms with van der Waals surface area (Å²) in [5, 5.41) is 9.97. The monoisotopic (exact) mass is 245 g/mol. The molecule has 0 bridgehead atoms. The van der Waals surface area contributed by atoms with Gasteiger partial charge in [0, 0.05) is 12.6 Å². The van der Waals surface area contributed by atoms with E-state index < -0.39 is 11.9 Å². The zero-order valence-electron chi connectivity index (χ0n) is 9.46. The van der Waals surface area contributed by atoms with Gasteiger partial charge in [-0.2, -0.15) is 18.3 Å². The summed E-state index contributed by atoms with van der Waals surface area (Å²) >= 11 is 0. The van der Waals surface area contributed by atoms with E-state index in [-0.39, 0.29) is 0 Å². The fourth-order valence-electron chi connectivity index (χ4n) is 1.63. The summed E-state index contributed by atoms with van der Waals surface area (Å²) in [7, 11) is 0. The quantitative estimate of drug-likeness (QED) is 0.885. The van der Waals surface area contributed by atoms with E-state index in [2.05, 4.69) is 22.4 Å². The lowest BCUT2D eigenvalue weighted by atomic mass is 10.2. The highest BCUT2D eigenvalue weighted by Gasteiger charge is 2.33. The molecule has 0 spiro atoms. The van der Waals surface area contributed by atoms with E-state index in [0.717, 1.165) is 6.07 Å². The lowest BCUT2D eigenvalue weighted by Gasteiger charge is -2.12. The third-order valence-electron chi connectivity index (χ3n) is 2.94. The highest BCUT2D eigenvalue weighted by Crippen LogP contribution is 2.32. The van der Waals surface area contributed by atoms with Crippen molar-refractivity contribution in [1.29, 1.82) is 0 Å². The molecule has 0 aromatic carbocycles. The first kappa shape index (κ1) is 12.3. The van der Waals surface area contributed by atoms with Crippen LogP contribution in [0.4, 0.5) is 13.2 Å². The van der Waals surface area contributed by atoms with Crippen molar-refractivity contribution in [2.24, 2.45) is 5.92 Å². The molecule has 0 aliphatic heterocycles. The highest BCUT2D eigenvalue weighted by atomic mass is 19.4. The minimum atomic E-state index is -4.42. The van der Waals surface area contributed by atoms with Crippen LogP contribution in [0.25, 0.3) is 0 Å². The lowest BCUT2D eigenvalue weighted by Crippen LogP contribution is -2.27.